The van der Waals surface area contributed by atoms with Crippen molar-refractivity contribution in [3.05, 3.63) is 11.6 Å². The van der Waals surface area contributed by atoms with Gasteiger partial charge in [0.25, 0.3) is 0 Å². The van der Waals surface area contributed by atoms with Gasteiger partial charge in [0.05, 0.1) is 5.92 Å². The van der Waals surface area contributed by atoms with Gasteiger partial charge in [0, 0.05) is 0 Å². The van der Waals surface area contributed by atoms with Gasteiger partial charge >= 0.3 is 0 Å². The summed E-state index contributed by atoms with van der Waals surface area (Å²) in [5, 5.41) is 0. The van der Waals surface area contributed by atoms with Crippen molar-refractivity contribution in [1.82, 2.24) is 0 Å². The molecular weight excluding hydrogens is 140 g/mol. The van der Waals surface area contributed by atoms with Crippen molar-refractivity contribution < 1.29 is 9.59 Å². The van der Waals surface area contributed by atoms with Gasteiger partial charge in [-0.3, -0.25) is 4.79 Å². The van der Waals surface area contributed by atoms with Gasteiger partial charge in [0.15, 0.2) is 5.78 Å². The second kappa shape index (κ2) is 2.99. The lowest BCUT2D eigenvalue weighted by atomic mass is 9.81. The molecule has 1 aliphatic carbocycles. The second-order valence-electron chi connectivity index (χ2n) is 3.24. The molecule has 0 saturated heterocycles. The van der Waals surface area contributed by atoms with E-state index >= 15 is 0 Å². The predicted molar refractivity (Wildman–Crippen MR) is 42.1 cm³/mol. The molecule has 0 aromatic heterocycles. The van der Waals surface area contributed by atoms with Gasteiger partial charge in [-0.15, -0.1) is 0 Å². The van der Waals surface area contributed by atoms with Crippen LogP contribution in [0.3, 0.4) is 0 Å². The summed E-state index contributed by atoms with van der Waals surface area (Å²) >= 11 is 0. The minimum Gasteiger partial charge on any atom is -0.303 e. The van der Waals surface area contributed by atoms with Gasteiger partial charge in [0.1, 0.15) is 6.29 Å². The standard InChI is InChI=1S/C9H12O2/c1-6-3-7(2)8(5-10)9(11)4-6/h4-5,7-8H,3H2,1-2H3. The van der Waals surface area contributed by atoms with E-state index in [0.717, 1.165) is 18.3 Å². The van der Waals surface area contributed by atoms with Crippen LogP contribution in [-0.2, 0) is 9.59 Å². The van der Waals surface area contributed by atoms with Crippen molar-refractivity contribution >= 4 is 12.1 Å². The molecule has 2 atom stereocenters. The Labute approximate surface area is 66.3 Å². The van der Waals surface area contributed by atoms with Crippen LogP contribution in [0.4, 0.5) is 0 Å². The fourth-order valence-corrected chi connectivity index (χ4v) is 1.51. The van der Waals surface area contributed by atoms with Gasteiger partial charge < -0.3 is 4.79 Å². The second-order valence-corrected chi connectivity index (χ2v) is 3.24. The minimum absolute atomic E-state index is 0.0312. The van der Waals surface area contributed by atoms with Gasteiger partial charge in [-0.05, 0) is 25.3 Å². The number of hydrogen-bond acceptors (Lipinski definition) is 2. The van der Waals surface area contributed by atoms with E-state index in [9.17, 15) is 9.59 Å². The quantitative estimate of drug-likeness (QED) is 0.420. The number of carbonyl (C=O) groups excluding carboxylic acids is 2. The smallest absolute Gasteiger partial charge is 0.166 e. The SMILES string of the molecule is CC1=CC(=O)C(C=O)C(C)C1. The zero-order valence-corrected chi connectivity index (χ0v) is 6.83. The normalized spacial score (nSPS) is 31.5. The molecule has 0 heterocycles. The van der Waals surface area contributed by atoms with E-state index in [0.29, 0.717) is 0 Å². The fraction of sp³-hybridized carbons (Fsp3) is 0.556. The summed E-state index contributed by atoms with van der Waals surface area (Å²) in [7, 11) is 0. The molecule has 2 nitrogen and oxygen atoms in total. The highest BCUT2D eigenvalue weighted by Crippen LogP contribution is 2.24. The van der Waals surface area contributed by atoms with Gasteiger partial charge in [0.2, 0.25) is 0 Å². The van der Waals surface area contributed by atoms with Crippen LogP contribution < -0.4 is 0 Å². The number of aldehydes is 1. The maximum absolute atomic E-state index is 11.1. The first-order valence-corrected chi connectivity index (χ1v) is 3.81. The number of rotatable bonds is 1. The van der Waals surface area contributed by atoms with Crippen LogP contribution in [0.15, 0.2) is 11.6 Å². The molecule has 0 aromatic rings. The largest absolute Gasteiger partial charge is 0.303 e. The van der Waals surface area contributed by atoms with Crippen LogP contribution in [0.1, 0.15) is 20.3 Å². The molecule has 0 aliphatic heterocycles. The van der Waals surface area contributed by atoms with Crippen LogP contribution in [0.5, 0.6) is 0 Å². The molecule has 0 saturated carbocycles. The first kappa shape index (κ1) is 8.18. The average molecular weight is 152 g/mol. The lowest BCUT2D eigenvalue weighted by molar-refractivity contribution is -0.126. The van der Waals surface area contributed by atoms with E-state index in [1.807, 2.05) is 13.8 Å². The molecule has 0 bridgehead atoms. The predicted octanol–water partition coefficient (Wildman–Crippen LogP) is 1.36. The fourth-order valence-electron chi connectivity index (χ4n) is 1.51. The Morgan fingerprint density at radius 1 is 1.64 bits per heavy atom. The topological polar surface area (TPSA) is 34.1 Å². The average Bonchev–Trinajstić information content (AvgIpc) is 1.85. The van der Waals surface area contributed by atoms with Crippen LogP contribution in [0.25, 0.3) is 0 Å². The summed E-state index contributed by atoms with van der Waals surface area (Å²) in [6.07, 6.45) is 3.21. The third kappa shape index (κ3) is 1.56. The molecule has 0 amide bonds. The molecule has 2 heteroatoms. The van der Waals surface area contributed by atoms with Crippen molar-refractivity contribution in [3.8, 4) is 0 Å². The number of hydrogen-bond donors (Lipinski definition) is 0. The Balaban J connectivity index is 2.85. The van der Waals surface area contributed by atoms with Crippen molar-refractivity contribution in [1.29, 1.82) is 0 Å². The zero-order chi connectivity index (χ0) is 8.43. The maximum Gasteiger partial charge on any atom is 0.166 e. The third-order valence-corrected chi connectivity index (χ3v) is 2.12. The Bertz CT molecular complexity index is 216. The minimum atomic E-state index is -0.390. The molecule has 0 N–H and O–H groups in total. The van der Waals surface area contributed by atoms with Crippen LogP contribution in [0.2, 0.25) is 0 Å². The van der Waals surface area contributed by atoms with Crippen LogP contribution in [0, 0.1) is 11.8 Å². The summed E-state index contributed by atoms with van der Waals surface area (Å²) < 4.78 is 0. The van der Waals surface area contributed by atoms with Crippen LogP contribution >= 0.6 is 0 Å². The van der Waals surface area contributed by atoms with Gasteiger partial charge in [-0.2, -0.15) is 0 Å². The Morgan fingerprint density at radius 3 is 2.73 bits per heavy atom. The van der Waals surface area contributed by atoms with Gasteiger partial charge in [-0.1, -0.05) is 12.5 Å². The van der Waals surface area contributed by atoms with E-state index in [1.165, 1.54) is 0 Å². The molecular formula is C9H12O2. The van der Waals surface area contributed by atoms with E-state index in [2.05, 4.69) is 0 Å². The summed E-state index contributed by atoms with van der Waals surface area (Å²) in [4.78, 5) is 21.6. The molecule has 1 aliphatic rings. The lowest BCUT2D eigenvalue weighted by Crippen LogP contribution is -2.25. The van der Waals surface area contributed by atoms with Crippen molar-refractivity contribution in [2.75, 3.05) is 0 Å². The molecule has 11 heavy (non-hydrogen) atoms. The molecule has 0 radical (unpaired) electrons. The highest BCUT2D eigenvalue weighted by Gasteiger charge is 2.26. The van der Waals surface area contributed by atoms with E-state index in [1.54, 1.807) is 6.08 Å². The first-order chi connectivity index (χ1) is 5.15. The number of ketones is 1. The molecule has 1 rings (SSSR count). The summed E-state index contributed by atoms with van der Waals surface area (Å²) in [5.74, 6) is -0.236. The molecule has 0 aromatic carbocycles. The monoisotopic (exact) mass is 152 g/mol. The van der Waals surface area contributed by atoms with E-state index in [4.69, 9.17) is 0 Å². The Kier molecular flexibility index (Phi) is 2.22. The van der Waals surface area contributed by atoms with E-state index < -0.39 is 5.92 Å². The Hall–Kier alpha value is -0.920. The summed E-state index contributed by atoms with van der Waals surface area (Å²) in [6.45, 7) is 3.86. The molecule has 0 spiro atoms. The Morgan fingerprint density at radius 2 is 2.27 bits per heavy atom. The van der Waals surface area contributed by atoms with Crippen molar-refractivity contribution in [3.63, 3.8) is 0 Å². The maximum atomic E-state index is 11.1. The molecule has 2 unspecified atom stereocenters. The summed E-state index contributed by atoms with van der Waals surface area (Å²) in [6, 6.07) is 0. The molecule has 60 valence electrons. The highest BCUT2D eigenvalue weighted by atomic mass is 16.1. The van der Waals surface area contributed by atoms with Crippen LogP contribution in [-0.4, -0.2) is 12.1 Å². The van der Waals surface area contributed by atoms with Gasteiger partial charge in [-0.25, -0.2) is 0 Å². The number of carbonyl (C=O) groups is 2. The summed E-state index contributed by atoms with van der Waals surface area (Å²) in [5.41, 5.74) is 1.08. The van der Waals surface area contributed by atoms with Crippen molar-refractivity contribution in [2.24, 2.45) is 11.8 Å². The first-order valence-electron chi connectivity index (χ1n) is 3.81. The third-order valence-electron chi connectivity index (χ3n) is 2.12. The zero-order valence-electron chi connectivity index (χ0n) is 6.83. The number of allylic oxidation sites excluding steroid dienone is 2. The molecule has 0 fully saturated rings. The lowest BCUT2D eigenvalue weighted by Gasteiger charge is -2.21. The van der Waals surface area contributed by atoms with E-state index in [-0.39, 0.29) is 11.7 Å². The highest BCUT2D eigenvalue weighted by molar-refractivity contribution is 6.02. The van der Waals surface area contributed by atoms with Crippen molar-refractivity contribution in [2.45, 2.75) is 20.3 Å².